The lowest BCUT2D eigenvalue weighted by atomic mass is 9.95. The lowest BCUT2D eigenvalue weighted by Crippen LogP contribution is -2.34. The van der Waals surface area contributed by atoms with Crippen LogP contribution in [0.5, 0.6) is 0 Å². The molecule has 0 aromatic carbocycles. The smallest absolute Gasteiger partial charge is 0.341 e. The minimum atomic E-state index is -0.566. The van der Waals surface area contributed by atoms with Crippen LogP contribution in [0.15, 0.2) is 0 Å². The summed E-state index contributed by atoms with van der Waals surface area (Å²) in [6.07, 6.45) is 0.585. The van der Waals surface area contributed by atoms with E-state index in [1.807, 2.05) is 20.8 Å². The zero-order chi connectivity index (χ0) is 17.4. The normalized spacial score (nSPS) is 14.2. The van der Waals surface area contributed by atoms with Crippen molar-refractivity contribution >= 4 is 34.1 Å². The molecule has 0 fully saturated rings. The quantitative estimate of drug-likeness (QED) is 0.840. The van der Waals surface area contributed by atoms with Gasteiger partial charge >= 0.3 is 5.97 Å². The molecule has 2 heterocycles. The Morgan fingerprint density at radius 2 is 1.91 bits per heavy atom. The van der Waals surface area contributed by atoms with Gasteiger partial charge in [-0.1, -0.05) is 20.8 Å². The Morgan fingerprint density at radius 1 is 1.26 bits per heavy atom. The molecule has 6 nitrogen and oxygen atoms in total. The van der Waals surface area contributed by atoms with Crippen molar-refractivity contribution in [3.8, 4) is 0 Å². The fourth-order valence-electron chi connectivity index (χ4n) is 2.37. The number of carbonyl (C=O) groups excluding carboxylic acids is 3. The third-order valence-electron chi connectivity index (χ3n) is 3.80. The Hall–Kier alpha value is -1.89. The number of hydrogen-bond donors (Lipinski definition) is 1. The zero-order valence-corrected chi connectivity index (χ0v) is 14.9. The van der Waals surface area contributed by atoms with Crippen LogP contribution < -0.4 is 5.32 Å². The predicted octanol–water partition coefficient (Wildman–Crippen LogP) is 2.42. The minimum Gasteiger partial charge on any atom is -0.465 e. The van der Waals surface area contributed by atoms with Gasteiger partial charge in [0.15, 0.2) is 0 Å². The summed E-state index contributed by atoms with van der Waals surface area (Å²) in [5.41, 5.74) is 0.736. The second kappa shape index (κ2) is 6.31. The highest BCUT2D eigenvalue weighted by Crippen LogP contribution is 2.38. The summed E-state index contributed by atoms with van der Waals surface area (Å²) in [6, 6.07) is 0. The molecule has 7 heteroatoms. The lowest BCUT2D eigenvalue weighted by molar-refractivity contribution is -0.129. The Balaban J connectivity index is 2.41. The first-order valence-electron chi connectivity index (χ1n) is 7.45. The number of hydrogen-bond acceptors (Lipinski definition) is 5. The number of carbonyl (C=O) groups is 3. The number of nitrogens with zero attached hydrogens (tertiary/aromatic N) is 1. The van der Waals surface area contributed by atoms with Crippen molar-refractivity contribution in [2.75, 3.05) is 19.0 Å². The van der Waals surface area contributed by atoms with Gasteiger partial charge in [-0.15, -0.1) is 11.3 Å². The van der Waals surface area contributed by atoms with E-state index in [4.69, 9.17) is 4.74 Å². The van der Waals surface area contributed by atoms with Gasteiger partial charge < -0.3 is 15.0 Å². The molecule has 1 aliphatic rings. The van der Waals surface area contributed by atoms with Crippen molar-refractivity contribution in [3.63, 3.8) is 0 Å². The molecule has 126 valence electrons. The molecule has 0 bridgehead atoms. The number of nitrogens with one attached hydrogen (secondary N) is 1. The van der Waals surface area contributed by atoms with Gasteiger partial charge in [-0.2, -0.15) is 0 Å². The molecule has 0 saturated carbocycles. The predicted molar refractivity (Wildman–Crippen MR) is 88.5 cm³/mol. The Morgan fingerprint density at radius 3 is 2.43 bits per heavy atom. The van der Waals surface area contributed by atoms with Gasteiger partial charge in [0.25, 0.3) is 0 Å². The number of amides is 2. The highest BCUT2D eigenvalue weighted by Gasteiger charge is 2.31. The Bertz CT molecular complexity index is 658. The molecule has 2 amide bonds. The van der Waals surface area contributed by atoms with Crippen molar-refractivity contribution in [2.24, 2.45) is 5.41 Å². The van der Waals surface area contributed by atoms with Gasteiger partial charge in [0.2, 0.25) is 11.8 Å². The van der Waals surface area contributed by atoms with E-state index < -0.39 is 11.4 Å². The van der Waals surface area contributed by atoms with Crippen LogP contribution in [-0.4, -0.2) is 36.3 Å². The fraction of sp³-hybridized carbons (Fsp3) is 0.562. The minimum absolute atomic E-state index is 0.00365. The molecule has 23 heavy (non-hydrogen) atoms. The molecular formula is C16H22N2O4S. The van der Waals surface area contributed by atoms with Gasteiger partial charge in [0.1, 0.15) is 5.00 Å². The molecule has 1 N–H and O–H groups in total. The van der Waals surface area contributed by atoms with Crippen LogP contribution in [0.25, 0.3) is 0 Å². The van der Waals surface area contributed by atoms with E-state index in [0.29, 0.717) is 30.1 Å². The van der Waals surface area contributed by atoms with Gasteiger partial charge in [-0.25, -0.2) is 4.79 Å². The zero-order valence-electron chi connectivity index (χ0n) is 14.1. The van der Waals surface area contributed by atoms with Crippen LogP contribution in [0, 0.1) is 5.41 Å². The molecule has 0 spiro atoms. The molecule has 0 radical (unpaired) electrons. The third kappa shape index (κ3) is 3.55. The number of esters is 1. The standard InChI is InChI=1S/C16H22N2O4S/c1-9(19)18-7-6-10-11(8-18)23-13(12(10)14(20)22-5)17-15(21)16(2,3)4/h6-8H2,1-5H3,(H,17,21). The molecule has 0 saturated heterocycles. The fourth-order valence-corrected chi connectivity index (χ4v) is 3.62. The average molecular weight is 338 g/mol. The second-order valence-electron chi connectivity index (χ2n) is 6.59. The van der Waals surface area contributed by atoms with Crippen molar-refractivity contribution in [1.82, 2.24) is 4.90 Å². The maximum absolute atomic E-state index is 12.3. The van der Waals surface area contributed by atoms with Crippen LogP contribution in [0.2, 0.25) is 0 Å². The SMILES string of the molecule is COC(=O)c1c(NC(=O)C(C)(C)C)sc2c1CCN(C(C)=O)C2. The first kappa shape index (κ1) is 17.5. The number of ether oxygens (including phenoxy) is 1. The van der Waals surface area contributed by atoms with Crippen LogP contribution >= 0.6 is 11.3 Å². The highest BCUT2D eigenvalue weighted by atomic mass is 32.1. The van der Waals surface area contributed by atoms with Crippen molar-refractivity contribution in [3.05, 3.63) is 16.0 Å². The summed E-state index contributed by atoms with van der Waals surface area (Å²) in [4.78, 5) is 38.7. The molecular weight excluding hydrogens is 316 g/mol. The van der Waals surface area contributed by atoms with Crippen LogP contribution in [0.4, 0.5) is 5.00 Å². The van der Waals surface area contributed by atoms with E-state index in [1.165, 1.54) is 25.4 Å². The summed E-state index contributed by atoms with van der Waals surface area (Å²) in [5.74, 6) is -0.614. The van der Waals surface area contributed by atoms with Crippen LogP contribution in [-0.2, 0) is 27.3 Å². The summed E-state index contributed by atoms with van der Waals surface area (Å²) >= 11 is 1.34. The van der Waals surface area contributed by atoms with E-state index in [0.717, 1.165) is 10.4 Å². The number of anilines is 1. The van der Waals surface area contributed by atoms with Crippen molar-refractivity contribution < 1.29 is 19.1 Å². The van der Waals surface area contributed by atoms with E-state index in [2.05, 4.69) is 5.32 Å². The molecule has 0 unspecified atom stereocenters. The molecule has 2 rings (SSSR count). The average Bonchev–Trinajstić information content (AvgIpc) is 2.82. The first-order valence-corrected chi connectivity index (χ1v) is 8.26. The maximum atomic E-state index is 12.3. The molecule has 0 aliphatic carbocycles. The molecule has 1 aliphatic heterocycles. The highest BCUT2D eigenvalue weighted by molar-refractivity contribution is 7.17. The van der Waals surface area contributed by atoms with E-state index >= 15 is 0 Å². The summed E-state index contributed by atoms with van der Waals surface area (Å²) in [5, 5.41) is 3.35. The topological polar surface area (TPSA) is 75.7 Å². The Labute approximate surface area is 139 Å². The summed E-state index contributed by atoms with van der Waals surface area (Å²) in [7, 11) is 1.33. The first-order chi connectivity index (χ1) is 10.6. The number of methoxy groups -OCH3 is 1. The van der Waals surface area contributed by atoms with Crippen LogP contribution in [0.1, 0.15) is 48.5 Å². The van der Waals surface area contributed by atoms with Gasteiger partial charge in [0, 0.05) is 23.8 Å². The lowest BCUT2D eigenvalue weighted by Gasteiger charge is -2.25. The monoisotopic (exact) mass is 338 g/mol. The molecule has 1 aromatic rings. The summed E-state index contributed by atoms with van der Waals surface area (Å²) in [6.45, 7) is 7.99. The third-order valence-corrected chi connectivity index (χ3v) is 4.93. The Kier molecular flexibility index (Phi) is 4.79. The number of thiophene rings is 1. The summed E-state index contributed by atoms with van der Waals surface area (Å²) < 4.78 is 4.88. The van der Waals surface area contributed by atoms with Crippen molar-refractivity contribution in [2.45, 2.75) is 40.7 Å². The second-order valence-corrected chi connectivity index (χ2v) is 7.70. The maximum Gasteiger partial charge on any atom is 0.341 e. The van der Waals surface area contributed by atoms with Gasteiger partial charge in [0.05, 0.1) is 19.2 Å². The number of fused-ring (bicyclic) bond motifs is 1. The van der Waals surface area contributed by atoms with Crippen molar-refractivity contribution in [1.29, 1.82) is 0 Å². The van der Waals surface area contributed by atoms with Gasteiger partial charge in [-0.05, 0) is 12.0 Å². The van der Waals surface area contributed by atoms with E-state index in [1.54, 1.807) is 4.90 Å². The van der Waals surface area contributed by atoms with Crippen LogP contribution in [0.3, 0.4) is 0 Å². The van der Waals surface area contributed by atoms with E-state index in [9.17, 15) is 14.4 Å². The number of rotatable bonds is 2. The largest absolute Gasteiger partial charge is 0.465 e. The van der Waals surface area contributed by atoms with E-state index in [-0.39, 0.29) is 11.8 Å². The molecule has 0 atom stereocenters. The van der Waals surface area contributed by atoms with Gasteiger partial charge in [-0.3, -0.25) is 9.59 Å². The molecule has 1 aromatic heterocycles.